The van der Waals surface area contributed by atoms with E-state index in [2.05, 4.69) is 6.58 Å². The van der Waals surface area contributed by atoms with Gasteiger partial charge >= 0.3 is 5.97 Å². The Hall–Kier alpha value is -1.16. The normalized spacial score (nSPS) is 12.4. The number of carboxylic acid groups (broad SMARTS) is 1. The molecule has 1 N–H and O–H groups in total. The van der Waals surface area contributed by atoms with Crippen LogP contribution in [0.4, 0.5) is 0 Å². The summed E-state index contributed by atoms with van der Waals surface area (Å²) in [7, 11) is 0. The number of rotatable bonds is 5. The second-order valence-corrected chi connectivity index (χ2v) is 3.96. The quantitative estimate of drug-likeness (QED) is 0.762. The summed E-state index contributed by atoms with van der Waals surface area (Å²) in [6.45, 7) is 5.41. The highest BCUT2D eigenvalue weighted by Crippen LogP contribution is 2.21. The van der Waals surface area contributed by atoms with E-state index < -0.39 is 11.2 Å². The predicted octanol–water partition coefficient (Wildman–Crippen LogP) is 2.46. The van der Waals surface area contributed by atoms with Gasteiger partial charge in [-0.3, -0.25) is 4.79 Å². The molecule has 14 heavy (non-hydrogen) atoms. The van der Waals surface area contributed by atoms with Crippen LogP contribution >= 0.6 is 11.8 Å². The van der Waals surface area contributed by atoms with Crippen LogP contribution in [0.5, 0.6) is 0 Å². The Labute approximate surface area is 86.8 Å². The van der Waals surface area contributed by atoms with E-state index in [4.69, 9.17) is 9.52 Å². The largest absolute Gasteiger partial charge is 0.480 e. The zero-order valence-corrected chi connectivity index (χ0v) is 8.71. The van der Waals surface area contributed by atoms with Gasteiger partial charge in [-0.15, -0.1) is 18.3 Å². The SMILES string of the molecule is C=CC(SCc1occc1C)C(=O)O. The van der Waals surface area contributed by atoms with Crippen molar-refractivity contribution >= 4 is 17.7 Å². The summed E-state index contributed by atoms with van der Waals surface area (Å²) in [5.41, 5.74) is 1.05. The van der Waals surface area contributed by atoms with Gasteiger partial charge in [0, 0.05) is 0 Å². The van der Waals surface area contributed by atoms with Crippen molar-refractivity contribution in [3.63, 3.8) is 0 Å². The Morgan fingerprint density at radius 2 is 2.57 bits per heavy atom. The second-order valence-electron chi connectivity index (χ2n) is 2.83. The average Bonchev–Trinajstić information content (AvgIpc) is 2.52. The Kier molecular flexibility index (Phi) is 3.83. The second kappa shape index (κ2) is 4.91. The van der Waals surface area contributed by atoms with Gasteiger partial charge in [0.1, 0.15) is 11.0 Å². The Morgan fingerprint density at radius 1 is 1.86 bits per heavy atom. The summed E-state index contributed by atoms with van der Waals surface area (Å²) >= 11 is 1.29. The molecule has 1 atom stereocenters. The summed E-state index contributed by atoms with van der Waals surface area (Å²) in [6, 6.07) is 1.86. The summed E-state index contributed by atoms with van der Waals surface area (Å²) in [6.07, 6.45) is 3.03. The smallest absolute Gasteiger partial charge is 0.320 e. The zero-order valence-electron chi connectivity index (χ0n) is 7.90. The third kappa shape index (κ3) is 2.67. The lowest BCUT2D eigenvalue weighted by molar-refractivity contribution is -0.135. The molecule has 0 aliphatic rings. The molecule has 0 fully saturated rings. The number of aryl methyl sites for hydroxylation is 1. The van der Waals surface area contributed by atoms with Crippen molar-refractivity contribution in [1.29, 1.82) is 0 Å². The van der Waals surface area contributed by atoms with E-state index in [-0.39, 0.29) is 0 Å². The van der Waals surface area contributed by atoms with Crippen molar-refractivity contribution < 1.29 is 14.3 Å². The van der Waals surface area contributed by atoms with E-state index in [1.165, 1.54) is 17.8 Å². The van der Waals surface area contributed by atoms with E-state index in [1.807, 2.05) is 13.0 Å². The fraction of sp³-hybridized carbons (Fsp3) is 0.300. The number of furan rings is 1. The maximum atomic E-state index is 10.7. The summed E-state index contributed by atoms with van der Waals surface area (Å²) in [5, 5.41) is 8.18. The number of hydrogen-bond donors (Lipinski definition) is 1. The van der Waals surface area contributed by atoms with Crippen LogP contribution in [0.3, 0.4) is 0 Å². The van der Waals surface area contributed by atoms with Crippen LogP contribution in [0.2, 0.25) is 0 Å². The fourth-order valence-electron chi connectivity index (χ4n) is 0.958. The van der Waals surface area contributed by atoms with Crippen LogP contribution in [0.1, 0.15) is 11.3 Å². The lowest BCUT2D eigenvalue weighted by Crippen LogP contribution is -2.12. The van der Waals surface area contributed by atoms with Crippen molar-refractivity contribution in [3.05, 3.63) is 36.3 Å². The molecule has 0 aliphatic carbocycles. The van der Waals surface area contributed by atoms with Crippen LogP contribution in [0.25, 0.3) is 0 Å². The highest BCUT2D eigenvalue weighted by molar-refractivity contribution is 8.00. The van der Waals surface area contributed by atoms with Gasteiger partial charge in [-0.2, -0.15) is 0 Å². The van der Waals surface area contributed by atoms with E-state index in [9.17, 15) is 4.79 Å². The Bertz CT molecular complexity index is 330. The van der Waals surface area contributed by atoms with Gasteiger partial charge in [-0.05, 0) is 18.6 Å². The molecule has 3 nitrogen and oxygen atoms in total. The first-order valence-electron chi connectivity index (χ1n) is 4.15. The third-order valence-electron chi connectivity index (χ3n) is 1.82. The molecular weight excluding hydrogens is 200 g/mol. The molecule has 0 aromatic carbocycles. The average molecular weight is 212 g/mol. The van der Waals surface area contributed by atoms with E-state index >= 15 is 0 Å². The first-order chi connectivity index (χ1) is 6.65. The molecule has 1 heterocycles. The molecule has 1 unspecified atom stereocenters. The van der Waals surface area contributed by atoms with Gasteiger partial charge in [-0.1, -0.05) is 6.08 Å². The minimum Gasteiger partial charge on any atom is -0.480 e. The molecular formula is C10H12O3S. The molecule has 0 radical (unpaired) electrons. The molecule has 0 bridgehead atoms. The van der Waals surface area contributed by atoms with Crippen LogP contribution in [0.15, 0.2) is 29.4 Å². The van der Waals surface area contributed by atoms with Gasteiger partial charge in [0.25, 0.3) is 0 Å². The van der Waals surface area contributed by atoms with E-state index in [0.717, 1.165) is 11.3 Å². The molecule has 0 saturated carbocycles. The van der Waals surface area contributed by atoms with Gasteiger partial charge in [0.2, 0.25) is 0 Å². The Morgan fingerprint density at radius 3 is 3.00 bits per heavy atom. The maximum Gasteiger partial charge on any atom is 0.320 e. The third-order valence-corrected chi connectivity index (χ3v) is 3.00. The van der Waals surface area contributed by atoms with Gasteiger partial charge in [0.05, 0.1) is 12.0 Å². The number of aliphatic carboxylic acids is 1. The van der Waals surface area contributed by atoms with Crippen LogP contribution in [0, 0.1) is 6.92 Å². The van der Waals surface area contributed by atoms with Gasteiger partial charge < -0.3 is 9.52 Å². The Balaban J connectivity index is 2.51. The standard InChI is InChI=1S/C10H12O3S/c1-3-9(10(11)12)14-6-8-7(2)4-5-13-8/h3-5,9H,1,6H2,2H3,(H,11,12). The summed E-state index contributed by atoms with van der Waals surface area (Å²) in [4.78, 5) is 10.7. The first kappa shape index (κ1) is 10.9. The number of carbonyl (C=O) groups is 1. The molecule has 0 spiro atoms. The number of thioether (sulfide) groups is 1. The van der Waals surface area contributed by atoms with Gasteiger partial charge in [0.15, 0.2) is 0 Å². The van der Waals surface area contributed by atoms with E-state index in [1.54, 1.807) is 6.26 Å². The summed E-state index contributed by atoms with van der Waals surface area (Å²) in [5.74, 6) is 0.513. The van der Waals surface area contributed by atoms with Crippen molar-refractivity contribution in [2.24, 2.45) is 0 Å². The molecule has 0 aliphatic heterocycles. The molecule has 1 rings (SSSR count). The highest BCUT2D eigenvalue weighted by Gasteiger charge is 2.14. The maximum absolute atomic E-state index is 10.7. The molecule has 1 aromatic heterocycles. The lowest BCUT2D eigenvalue weighted by atomic mass is 10.3. The molecule has 76 valence electrons. The monoisotopic (exact) mass is 212 g/mol. The number of hydrogen-bond acceptors (Lipinski definition) is 3. The molecule has 0 amide bonds. The molecule has 1 aromatic rings. The van der Waals surface area contributed by atoms with Crippen LogP contribution < -0.4 is 0 Å². The van der Waals surface area contributed by atoms with E-state index in [0.29, 0.717) is 5.75 Å². The van der Waals surface area contributed by atoms with Crippen molar-refractivity contribution in [2.45, 2.75) is 17.9 Å². The minimum absolute atomic E-state index is 0.557. The van der Waals surface area contributed by atoms with Crippen molar-refractivity contribution in [3.8, 4) is 0 Å². The summed E-state index contributed by atoms with van der Waals surface area (Å²) < 4.78 is 5.19. The van der Waals surface area contributed by atoms with Crippen molar-refractivity contribution in [2.75, 3.05) is 0 Å². The highest BCUT2D eigenvalue weighted by atomic mass is 32.2. The van der Waals surface area contributed by atoms with Crippen molar-refractivity contribution in [1.82, 2.24) is 0 Å². The molecule has 4 heteroatoms. The topological polar surface area (TPSA) is 50.4 Å². The van der Waals surface area contributed by atoms with Gasteiger partial charge in [-0.25, -0.2) is 0 Å². The van der Waals surface area contributed by atoms with Crippen LogP contribution in [-0.2, 0) is 10.5 Å². The minimum atomic E-state index is -0.866. The zero-order chi connectivity index (χ0) is 10.6. The fourth-order valence-corrected chi connectivity index (χ4v) is 1.86. The lowest BCUT2D eigenvalue weighted by Gasteiger charge is -2.05. The molecule has 0 saturated heterocycles. The number of carboxylic acids is 1. The van der Waals surface area contributed by atoms with Crippen LogP contribution in [-0.4, -0.2) is 16.3 Å². The first-order valence-corrected chi connectivity index (χ1v) is 5.20. The predicted molar refractivity (Wildman–Crippen MR) is 56.4 cm³/mol.